The first kappa shape index (κ1) is 11.0. The molecule has 1 aromatic rings. The normalized spacial score (nSPS) is 11.1. The molecule has 1 heterocycles. The zero-order chi connectivity index (χ0) is 10.7. The molecule has 0 saturated heterocycles. The van der Waals surface area contributed by atoms with Gasteiger partial charge in [-0.1, -0.05) is 0 Å². The third kappa shape index (κ3) is 2.47. The number of carbonyl (C=O) groups is 1. The Morgan fingerprint density at radius 1 is 1.64 bits per heavy atom. The van der Waals surface area contributed by atoms with E-state index in [4.69, 9.17) is 14.8 Å². The van der Waals surface area contributed by atoms with E-state index >= 15 is 0 Å². The summed E-state index contributed by atoms with van der Waals surface area (Å²) in [7, 11) is 0. The molecule has 6 heteroatoms. The Hall–Kier alpha value is -1.06. The van der Waals surface area contributed by atoms with E-state index in [-0.39, 0.29) is 5.57 Å². The van der Waals surface area contributed by atoms with Crippen molar-refractivity contribution in [2.24, 2.45) is 0 Å². The predicted molar refractivity (Wildman–Crippen MR) is 55.3 cm³/mol. The zero-order valence-corrected chi connectivity index (χ0v) is 9.79. The van der Waals surface area contributed by atoms with Gasteiger partial charge >= 0.3 is 5.97 Å². The summed E-state index contributed by atoms with van der Waals surface area (Å²) in [6.07, 6.45) is 1.15. The molecule has 0 aromatic carbocycles. The Morgan fingerprint density at radius 3 is 2.64 bits per heavy atom. The largest absolute Gasteiger partial charge is 0.477 e. The van der Waals surface area contributed by atoms with E-state index < -0.39 is 5.97 Å². The fraction of sp³-hybridized carbons (Fsp3) is 0. The Bertz CT molecular complexity index is 422. The number of hydrogen-bond donors (Lipinski definition) is 1. The molecular weight excluding hydrogens is 318 g/mol. The van der Waals surface area contributed by atoms with E-state index in [0.717, 1.165) is 6.08 Å². The molecule has 0 fully saturated rings. The molecule has 1 N–H and O–H groups in total. The highest BCUT2D eigenvalue weighted by molar-refractivity contribution is 9.13. The summed E-state index contributed by atoms with van der Waals surface area (Å²) in [5, 5.41) is 17.0. The SMILES string of the molecule is N#C/C(=C\c1cc(Br)c(Br)o1)C(=O)O. The van der Waals surface area contributed by atoms with Gasteiger partial charge in [0.05, 0.1) is 4.47 Å². The van der Waals surface area contributed by atoms with Crippen molar-refractivity contribution >= 4 is 43.9 Å². The molecule has 14 heavy (non-hydrogen) atoms. The summed E-state index contributed by atoms with van der Waals surface area (Å²) in [6.45, 7) is 0. The van der Waals surface area contributed by atoms with Crippen molar-refractivity contribution in [1.82, 2.24) is 0 Å². The maximum atomic E-state index is 10.5. The fourth-order valence-electron chi connectivity index (χ4n) is 0.719. The van der Waals surface area contributed by atoms with Gasteiger partial charge in [-0.25, -0.2) is 4.79 Å². The molecule has 0 aliphatic heterocycles. The molecule has 0 atom stereocenters. The van der Waals surface area contributed by atoms with E-state index in [1.807, 2.05) is 0 Å². The van der Waals surface area contributed by atoms with Gasteiger partial charge in [0.1, 0.15) is 17.4 Å². The van der Waals surface area contributed by atoms with Crippen molar-refractivity contribution in [3.8, 4) is 6.07 Å². The average molecular weight is 321 g/mol. The lowest BCUT2D eigenvalue weighted by molar-refractivity contribution is -0.132. The number of nitrogens with zero attached hydrogens (tertiary/aromatic N) is 1. The summed E-state index contributed by atoms with van der Waals surface area (Å²) in [5.41, 5.74) is -0.376. The summed E-state index contributed by atoms with van der Waals surface area (Å²) in [4.78, 5) is 10.5. The first-order valence-electron chi connectivity index (χ1n) is 3.34. The van der Waals surface area contributed by atoms with E-state index in [1.54, 1.807) is 12.1 Å². The number of hydrogen-bond acceptors (Lipinski definition) is 3. The second-order valence-corrected chi connectivity index (χ2v) is 3.82. The highest BCUT2D eigenvalue weighted by Crippen LogP contribution is 2.27. The Labute approximate surface area is 96.1 Å². The van der Waals surface area contributed by atoms with Crippen LogP contribution in [0.5, 0.6) is 0 Å². The minimum Gasteiger partial charge on any atom is -0.477 e. The van der Waals surface area contributed by atoms with Crippen LogP contribution in [-0.2, 0) is 4.79 Å². The van der Waals surface area contributed by atoms with Crippen molar-refractivity contribution in [1.29, 1.82) is 5.26 Å². The summed E-state index contributed by atoms with van der Waals surface area (Å²) >= 11 is 6.26. The van der Waals surface area contributed by atoms with Crippen molar-refractivity contribution in [2.45, 2.75) is 0 Å². The van der Waals surface area contributed by atoms with Gasteiger partial charge in [-0.15, -0.1) is 0 Å². The lowest BCUT2D eigenvalue weighted by atomic mass is 10.2. The average Bonchev–Trinajstić information content (AvgIpc) is 2.41. The van der Waals surface area contributed by atoms with Crippen LogP contribution in [0.3, 0.4) is 0 Å². The van der Waals surface area contributed by atoms with E-state index in [9.17, 15) is 4.79 Å². The van der Waals surface area contributed by atoms with Gasteiger partial charge in [-0.2, -0.15) is 5.26 Å². The molecular formula is C8H3Br2NO3. The second kappa shape index (κ2) is 4.44. The van der Waals surface area contributed by atoms with Crippen molar-refractivity contribution in [3.63, 3.8) is 0 Å². The van der Waals surface area contributed by atoms with Crippen LogP contribution in [0.4, 0.5) is 0 Å². The second-order valence-electron chi connectivity index (χ2n) is 2.25. The minimum atomic E-state index is -1.28. The first-order chi connectivity index (χ1) is 6.54. The van der Waals surface area contributed by atoms with Gasteiger partial charge in [-0.05, 0) is 37.9 Å². The third-order valence-corrected chi connectivity index (χ3v) is 3.01. The number of nitriles is 1. The number of carboxylic acids is 1. The molecule has 0 amide bonds. The van der Waals surface area contributed by atoms with Gasteiger partial charge in [-0.3, -0.25) is 0 Å². The maximum absolute atomic E-state index is 10.5. The number of carboxylic acid groups (broad SMARTS) is 1. The highest BCUT2D eigenvalue weighted by Gasteiger charge is 2.09. The molecule has 0 unspecified atom stereocenters. The van der Waals surface area contributed by atoms with Crippen LogP contribution < -0.4 is 0 Å². The van der Waals surface area contributed by atoms with Crippen LogP contribution in [0.25, 0.3) is 6.08 Å². The van der Waals surface area contributed by atoms with E-state index in [0.29, 0.717) is 14.9 Å². The van der Waals surface area contributed by atoms with Crippen LogP contribution in [0, 0.1) is 11.3 Å². The number of halogens is 2. The molecule has 1 aromatic heterocycles. The lowest BCUT2D eigenvalue weighted by Crippen LogP contribution is -1.96. The summed E-state index contributed by atoms with van der Waals surface area (Å²) in [5.74, 6) is -0.987. The fourth-order valence-corrected chi connectivity index (χ4v) is 1.33. The number of rotatable bonds is 2. The van der Waals surface area contributed by atoms with Crippen LogP contribution in [0.2, 0.25) is 0 Å². The molecule has 4 nitrogen and oxygen atoms in total. The molecule has 0 saturated carbocycles. The van der Waals surface area contributed by atoms with Crippen molar-refractivity contribution in [3.05, 3.63) is 26.5 Å². The van der Waals surface area contributed by atoms with Crippen LogP contribution in [0.15, 0.2) is 25.2 Å². The quantitative estimate of drug-likeness (QED) is 0.671. The molecule has 0 aliphatic carbocycles. The van der Waals surface area contributed by atoms with Crippen LogP contribution in [0.1, 0.15) is 5.76 Å². The lowest BCUT2D eigenvalue weighted by Gasteiger charge is -1.87. The number of aliphatic carboxylic acids is 1. The van der Waals surface area contributed by atoms with E-state index in [2.05, 4.69) is 31.9 Å². The van der Waals surface area contributed by atoms with Gasteiger partial charge in [0.2, 0.25) is 0 Å². The number of furan rings is 1. The van der Waals surface area contributed by atoms with E-state index in [1.165, 1.54) is 0 Å². The monoisotopic (exact) mass is 319 g/mol. The third-order valence-electron chi connectivity index (χ3n) is 1.30. The summed E-state index contributed by atoms with van der Waals surface area (Å²) < 4.78 is 6.18. The molecule has 0 spiro atoms. The van der Waals surface area contributed by atoms with Crippen molar-refractivity contribution < 1.29 is 14.3 Å². The zero-order valence-electron chi connectivity index (χ0n) is 6.62. The predicted octanol–water partition coefficient (Wildman–Crippen LogP) is 2.80. The smallest absolute Gasteiger partial charge is 0.346 e. The molecule has 0 aliphatic rings. The summed E-state index contributed by atoms with van der Waals surface area (Å²) in [6, 6.07) is 3.11. The minimum absolute atomic E-state index is 0.294. The van der Waals surface area contributed by atoms with Crippen LogP contribution in [-0.4, -0.2) is 11.1 Å². The Morgan fingerprint density at radius 2 is 2.29 bits per heavy atom. The topological polar surface area (TPSA) is 74.2 Å². The standard InChI is InChI=1S/C8H3Br2NO3/c9-6-2-5(14-7(6)10)1-4(3-11)8(12)13/h1-2H,(H,12,13)/b4-1+. The molecule has 0 radical (unpaired) electrons. The maximum Gasteiger partial charge on any atom is 0.346 e. The van der Waals surface area contributed by atoms with Crippen LogP contribution >= 0.6 is 31.9 Å². The van der Waals surface area contributed by atoms with Gasteiger partial charge in [0.15, 0.2) is 4.67 Å². The Kier molecular flexibility index (Phi) is 3.49. The van der Waals surface area contributed by atoms with Gasteiger partial charge < -0.3 is 9.52 Å². The van der Waals surface area contributed by atoms with Gasteiger partial charge in [0, 0.05) is 6.08 Å². The molecule has 1 rings (SSSR count). The van der Waals surface area contributed by atoms with Crippen molar-refractivity contribution in [2.75, 3.05) is 0 Å². The molecule has 0 bridgehead atoms. The molecule has 72 valence electrons. The first-order valence-corrected chi connectivity index (χ1v) is 4.93. The Balaban J connectivity index is 3.08. The van der Waals surface area contributed by atoms with Gasteiger partial charge in [0.25, 0.3) is 0 Å². The highest BCUT2D eigenvalue weighted by atomic mass is 79.9.